The van der Waals surface area contributed by atoms with Crippen LogP contribution in [0, 0.1) is 11.3 Å². The molecule has 0 saturated carbocycles. The first-order chi connectivity index (χ1) is 6.34. The minimum Gasteiger partial charge on any atom is -0.342 e. The molecule has 1 heterocycles. The van der Waals surface area contributed by atoms with E-state index < -0.39 is 0 Å². The van der Waals surface area contributed by atoms with Gasteiger partial charge in [-0.2, -0.15) is 5.26 Å². The van der Waals surface area contributed by atoms with Crippen molar-refractivity contribution >= 4 is 5.91 Å². The molecule has 0 aromatic heterocycles. The van der Waals surface area contributed by atoms with E-state index in [4.69, 9.17) is 5.26 Å². The van der Waals surface area contributed by atoms with E-state index in [9.17, 15) is 4.79 Å². The maximum atomic E-state index is 11.4. The summed E-state index contributed by atoms with van der Waals surface area (Å²) < 4.78 is 0. The van der Waals surface area contributed by atoms with Crippen LogP contribution < -0.4 is 5.32 Å². The van der Waals surface area contributed by atoms with E-state index in [-0.39, 0.29) is 12.5 Å². The number of hydrogen-bond donors (Lipinski definition) is 1. The van der Waals surface area contributed by atoms with Crippen LogP contribution in [0.25, 0.3) is 0 Å². The summed E-state index contributed by atoms with van der Waals surface area (Å²) in [4.78, 5) is 13.3. The largest absolute Gasteiger partial charge is 0.342 e. The molecule has 1 fully saturated rings. The Morgan fingerprint density at radius 3 is 2.69 bits per heavy atom. The first-order valence-electron chi connectivity index (χ1n) is 4.70. The second-order valence-electron chi connectivity index (χ2n) is 3.20. The Balaban J connectivity index is 2.18. The van der Waals surface area contributed by atoms with Crippen LogP contribution in [0.5, 0.6) is 0 Å². The van der Waals surface area contributed by atoms with Gasteiger partial charge in [0.15, 0.2) is 0 Å². The van der Waals surface area contributed by atoms with Crippen molar-refractivity contribution in [2.45, 2.75) is 19.3 Å². The molecule has 0 radical (unpaired) electrons. The molecule has 1 saturated heterocycles. The van der Waals surface area contributed by atoms with Crippen LogP contribution in [0.15, 0.2) is 0 Å². The van der Waals surface area contributed by atoms with E-state index in [0.29, 0.717) is 6.54 Å². The highest BCUT2D eigenvalue weighted by Gasteiger charge is 2.15. The first-order valence-corrected chi connectivity index (χ1v) is 4.70. The van der Waals surface area contributed by atoms with Crippen molar-refractivity contribution in [3.05, 3.63) is 0 Å². The summed E-state index contributed by atoms with van der Waals surface area (Å²) in [5, 5.41) is 11.0. The molecule has 1 amide bonds. The van der Waals surface area contributed by atoms with Crippen LogP contribution in [-0.2, 0) is 4.79 Å². The zero-order valence-corrected chi connectivity index (χ0v) is 7.75. The molecule has 0 atom stereocenters. The number of hydrogen-bond acceptors (Lipinski definition) is 3. The summed E-state index contributed by atoms with van der Waals surface area (Å²) in [5.41, 5.74) is 0. The zero-order valence-electron chi connectivity index (χ0n) is 7.75. The lowest BCUT2D eigenvalue weighted by molar-refractivity contribution is -0.131. The summed E-state index contributed by atoms with van der Waals surface area (Å²) in [6.45, 7) is 2.31. The summed E-state index contributed by atoms with van der Waals surface area (Å²) in [6.07, 6.45) is 3.46. The zero-order chi connectivity index (χ0) is 9.52. The predicted octanol–water partition coefficient (Wildman–Crippen LogP) is 0.112. The Labute approximate surface area is 78.5 Å². The van der Waals surface area contributed by atoms with Crippen molar-refractivity contribution in [3.63, 3.8) is 0 Å². The Kier molecular flexibility index (Phi) is 4.27. The van der Waals surface area contributed by atoms with Crippen molar-refractivity contribution in [2.24, 2.45) is 0 Å². The van der Waals surface area contributed by atoms with Gasteiger partial charge < -0.3 is 4.90 Å². The number of nitriles is 1. The third kappa shape index (κ3) is 3.43. The number of nitrogens with one attached hydrogen (secondary N) is 1. The van der Waals surface area contributed by atoms with Crippen molar-refractivity contribution < 1.29 is 4.79 Å². The standard InChI is InChI=1S/C9H15N3O/c10-4-5-11-8-9(13)12-6-2-1-3-7-12/h11H,1-3,5-8H2. The molecular formula is C9H15N3O. The van der Waals surface area contributed by atoms with Crippen LogP contribution in [0.3, 0.4) is 0 Å². The fourth-order valence-corrected chi connectivity index (χ4v) is 1.48. The lowest BCUT2D eigenvalue weighted by atomic mass is 10.1. The molecule has 0 unspecified atom stereocenters. The first kappa shape index (κ1) is 10.0. The summed E-state index contributed by atoms with van der Waals surface area (Å²) in [7, 11) is 0. The molecule has 4 nitrogen and oxygen atoms in total. The number of carbonyl (C=O) groups excluding carboxylic acids is 1. The molecule has 0 spiro atoms. The Hall–Kier alpha value is -1.08. The van der Waals surface area contributed by atoms with Gasteiger partial charge in [-0.05, 0) is 19.3 Å². The molecule has 1 aliphatic heterocycles. The van der Waals surface area contributed by atoms with Gasteiger partial charge >= 0.3 is 0 Å². The third-order valence-electron chi connectivity index (χ3n) is 2.19. The molecule has 0 aliphatic carbocycles. The maximum Gasteiger partial charge on any atom is 0.236 e. The summed E-state index contributed by atoms with van der Waals surface area (Å²) >= 11 is 0. The number of nitrogens with zero attached hydrogens (tertiary/aromatic N) is 2. The van der Waals surface area contributed by atoms with Gasteiger partial charge in [-0.1, -0.05) is 0 Å². The average Bonchev–Trinajstić information content (AvgIpc) is 2.19. The van der Waals surface area contributed by atoms with E-state index in [1.807, 2.05) is 11.0 Å². The average molecular weight is 181 g/mol. The molecule has 13 heavy (non-hydrogen) atoms. The summed E-state index contributed by atoms with van der Waals surface area (Å²) in [5.74, 6) is 0.120. The highest BCUT2D eigenvalue weighted by molar-refractivity contribution is 5.78. The van der Waals surface area contributed by atoms with Gasteiger partial charge in [0.25, 0.3) is 0 Å². The van der Waals surface area contributed by atoms with Crippen molar-refractivity contribution in [2.75, 3.05) is 26.2 Å². The lowest BCUT2D eigenvalue weighted by Crippen LogP contribution is -2.41. The van der Waals surface area contributed by atoms with Gasteiger partial charge in [-0.3, -0.25) is 10.1 Å². The van der Waals surface area contributed by atoms with Gasteiger partial charge in [0.1, 0.15) is 0 Å². The number of rotatable bonds is 3. The highest BCUT2D eigenvalue weighted by Crippen LogP contribution is 2.07. The van der Waals surface area contributed by atoms with Crippen LogP contribution in [0.2, 0.25) is 0 Å². The van der Waals surface area contributed by atoms with E-state index in [0.717, 1.165) is 25.9 Å². The quantitative estimate of drug-likeness (QED) is 0.496. The Morgan fingerprint density at radius 2 is 2.08 bits per heavy atom. The van der Waals surface area contributed by atoms with Crippen LogP contribution in [-0.4, -0.2) is 37.0 Å². The second-order valence-corrected chi connectivity index (χ2v) is 3.20. The molecule has 1 aliphatic rings. The van der Waals surface area contributed by atoms with Gasteiger partial charge in [0.2, 0.25) is 5.91 Å². The highest BCUT2D eigenvalue weighted by atomic mass is 16.2. The van der Waals surface area contributed by atoms with Gasteiger partial charge in [-0.15, -0.1) is 0 Å². The number of amides is 1. The van der Waals surface area contributed by atoms with E-state index in [1.165, 1.54) is 6.42 Å². The number of carbonyl (C=O) groups is 1. The minimum atomic E-state index is 0.120. The van der Waals surface area contributed by atoms with E-state index >= 15 is 0 Å². The van der Waals surface area contributed by atoms with Crippen molar-refractivity contribution in [3.8, 4) is 6.07 Å². The molecule has 0 aromatic rings. The van der Waals surface area contributed by atoms with E-state index in [1.54, 1.807) is 0 Å². The third-order valence-corrected chi connectivity index (χ3v) is 2.19. The second kappa shape index (κ2) is 5.55. The van der Waals surface area contributed by atoms with Gasteiger partial charge in [-0.25, -0.2) is 0 Å². The van der Waals surface area contributed by atoms with E-state index in [2.05, 4.69) is 5.32 Å². The molecule has 72 valence electrons. The molecule has 1 rings (SSSR count). The number of piperidine rings is 1. The van der Waals surface area contributed by atoms with Crippen molar-refractivity contribution in [1.29, 1.82) is 5.26 Å². The fourth-order valence-electron chi connectivity index (χ4n) is 1.48. The minimum absolute atomic E-state index is 0.120. The summed E-state index contributed by atoms with van der Waals surface area (Å²) in [6, 6.07) is 1.94. The fraction of sp³-hybridized carbons (Fsp3) is 0.778. The molecule has 0 aromatic carbocycles. The number of likely N-dealkylation sites (tertiary alicyclic amines) is 1. The van der Waals surface area contributed by atoms with Gasteiger partial charge in [0, 0.05) is 13.1 Å². The molecule has 1 N–H and O–H groups in total. The van der Waals surface area contributed by atoms with Crippen LogP contribution in [0.4, 0.5) is 0 Å². The lowest BCUT2D eigenvalue weighted by Gasteiger charge is -2.26. The Morgan fingerprint density at radius 1 is 1.38 bits per heavy atom. The predicted molar refractivity (Wildman–Crippen MR) is 48.9 cm³/mol. The molecular weight excluding hydrogens is 166 g/mol. The molecule has 0 bridgehead atoms. The van der Waals surface area contributed by atoms with Crippen molar-refractivity contribution in [1.82, 2.24) is 10.2 Å². The molecule has 4 heteroatoms. The normalized spacial score (nSPS) is 16.7. The maximum absolute atomic E-state index is 11.4. The smallest absolute Gasteiger partial charge is 0.236 e. The van der Waals surface area contributed by atoms with Crippen LogP contribution >= 0.6 is 0 Å². The monoisotopic (exact) mass is 181 g/mol. The topological polar surface area (TPSA) is 56.1 Å². The Bertz CT molecular complexity index is 203. The SMILES string of the molecule is N#CCNCC(=O)N1CCCCC1. The van der Waals surface area contributed by atoms with Crippen LogP contribution in [0.1, 0.15) is 19.3 Å². The van der Waals surface area contributed by atoms with Gasteiger partial charge in [0.05, 0.1) is 19.2 Å².